The van der Waals surface area contributed by atoms with Crippen molar-refractivity contribution in [3.05, 3.63) is 34.9 Å². The van der Waals surface area contributed by atoms with Crippen LogP contribution >= 0.6 is 0 Å². The normalized spacial score (nSPS) is 12.5. The van der Waals surface area contributed by atoms with Gasteiger partial charge in [0.25, 0.3) is 0 Å². The third-order valence-corrected chi connectivity index (χ3v) is 1.75. The third-order valence-electron chi connectivity index (χ3n) is 1.75. The van der Waals surface area contributed by atoms with Crippen LogP contribution in [0.2, 0.25) is 0 Å². The van der Waals surface area contributed by atoms with Crippen molar-refractivity contribution in [3.63, 3.8) is 0 Å². The van der Waals surface area contributed by atoms with Crippen LogP contribution in [0.5, 0.6) is 0 Å². The Morgan fingerprint density at radius 1 is 1.46 bits per heavy atom. The third kappa shape index (κ3) is 2.35. The Labute approximate surface area is 76.1 Å². The summed E-state index contributed by atoms with van der Waals surface area (Å²) in [6.45, 7) is -0.0958. The van der Waals surface area contributed by atoms with E-state index in [2.05, 4.69) is 0 Å². The lowest BCUT2D eigenvalue weighted by molar-refractivity contribution is -0.104. The molecule has 0 aliphatic rings. The average molecular weight is 181 g/mol. The number of benzene rings is 1. The molecule has 4 heteroatoms. The zero-order chi connectivity index (χ0) is 9.84. The smallest absolute Gasteiger partial charge is 0.167 e. The second-order valence-corrected chi connectivity index (χ2v) is 2.78. The molecule has 0 saturated carbocycles. The molecule has 0 bridgehead atoms. The molecule has 0 aliphatic heterocycles. The highest BCUT2D eigenvalue weighted by atomic mass is 16.3. The fourth-order valence-corrected chi connectivity index (χ4v) is 1.10. The molecule has 1 atom stereocenters. The summed E-state index contributed by atoms with van der Waals surface area (Å²) in [5.41, 5.74) is 7.23. The van der Waals surface area contributed by atoms with Crippen molar-refractivity contribution in [2.75, 3.05) is 0 Å². The molecular weight excluding hydrogens is 168 g/mol. The van der Waals surface area contributed by atoms with Gasteiger partial charge in [0.1, 0.15) is 6.23 Å². The molecule has 0 amide bonds. The summed E-state index contributed by atoms with van der Waals surface area (Å²) in [4.78, 5) is 0. The van der Waals surface area contributed by atoms with Gasteiger partial charge in [0.15, 0.2) is 6.21 Å². The van der Waals surface area contributed by atoms with E-state index in [1.54, 1.807) is 18.2 Å². The maximum atomic E-state index is 9.11. The Balaban J connectivity index is 3.14. The van der Waals surface area contributed by atoms with Crippen LogP contribution in [0.1, 0.15) is 22.9 Å². The second-order valence-electron chi connectivity index (χ2n) is 2.78. The van der Waals surface area contributed by atoms with Gasteiger partial charge in [-0.2, -0.15) is 0 Å². The highest BCUT2D eigenvalue weighted by molar-refractivity contribution is 5.75. The van der Waals surface area contributed by atoms with E-state index in [0.717, 1.165) is 5.56 Å². The number of aliphatic hydroxyl groups excluding tert-OH is 2. The molecule has 0 fully saturated rings. The predicted octanol–water partition coefficient (Wildman–Crippen LogP) is -1.69. The molecule has 0 saturated heterocycles. The Morgan fingerprint density at radius 2 is 2.15 bits per heavy atom. The van der Waals surface area contributed by atoms with Crippen LogP contribution in [0.4, 0.5) is 0 Å². The van der Waals surface area contributed by atoms with Crippen molar-refractivity contribution in [1.82, 2.24) is 0 Å². The van der Waals surface area contributed by atoms with Crippen LogP contribution in [0.25, 0.3) is 0 Å². The van der Waals surface area contributed by atoms with Crippen LogP contribution in [-0.2, 0) is 6.61 Å². The number of hydrogen-bond donors (Lipinski definition) is 4. The molecule has 6 N–H and O–H groups in total. The van der Waals surface area contributed by atoms with Gasteiger partial charge in [-0.3, -0.25) is 5.41 Å². The number of rotatable bonds is 3. The van der Waals surface area contributed by atoms with Gasteiger partial charge in [-0.25, -0.2) is 0 Å². The Morgan fingerprint density at radius 3 is 2.62 bits per heavy atom. The summed E-state index contributed by atoms with van der Waals surface area (Å²) in [6, 6.07) is 5.04. The van der Waals surface area contributed by atoms with E-state index in [4.69, 9.17) is 21.4 Å². The van der Waals surface area contributed by atoms with Gasteiger partial charge in [0.2, 0.25) is 0 Å². The van der Waals surface area contributed by atoms with Crippen molar-refractivity contribution in [2.45, 2.75) is 12.8 Å². The van der Waals surface area contributed by atoms with E-state index in [1.807, 2.05) is 0 Å². The van der Waals surface area contributed by atoms with Gasteiger partial charge >= 0.3 is 0 Å². The number of nitrogens with two attached hydrogens (primary N) is 2. The summed E-state index contributed by atoms with van der Waals surface area (Å²) in [7, 11) is 0. The lowest BCUT2D eigenvalue weighted by Crippen LogP contribution is -2.30. The molecule has 1 aromatic rings. The molecular formula is C9H13N2O2+. The minimum absolute atomic E-state index is 0.0958. The van der Waals surface area contributed by atoms with E-state index in [1.165, 1.54) is 6.21 Å². The zero-order valence-electron chi connectivity index (χ0n) is 7.14. The molecule has 70 valence electrons. The summed E-state index contributed by atoms with van der Waals surface area (Å²) < 4.78 is 0. The van der Waals surface area contributed by atoms with Crippen LogP contribution in [0.3, 0.4) is 0 Å². The van der Waals surface area contributed by atoms with Gasteiger partial charge in [0.05, 0.1) is 6.61 Å². The van der Waals surface area contributed by atoms with E-state index < -0.39 is 6.23 Å². The monoisotopic (exact) mass is 181 g/mol. The zero-order valence-corrected chi connectivity index (χ0v) is 7.14. The highest BCUT2D eigenvalue weighted by Crippen LogP contribution is 2.13. The molecule has 0 spiro atoms. The predicted molar refractivity (Wildman–Crippen MR) is 48.6 cm³/mol. The lowest BCUT2D eigenvalue weighted by atomic mass is 10.1. The van der Waals surface area contributed by atoms with Crippen molar-refractivity contribution < 1.29 is 15.6 Å². The fraction of sp³-hybridized carbons (Fsp3) is 0.222. The van der Waals surface area contributed by atoms with Gasteiger partial charge in [0, 0.05) is 5.56 Å². The summed E-state index contributed by atoms with van der Waals surface area (Å²) in [6.07, 6.45) is 0.357. The van der Waals surface area contributed by atoms with E-state index in [-0.39, 0.29) is 6.61 Å². The maximum absolute atomic E-state index is 9.11. The molecule has 0 aliphatic carbocycles. The molecule has 0 radical (unpaired) electrons. The molecule has 13 heavy (non-hydrogen) atoms. The second kappa shape index (κ2) is 4.13. The van der Waals surface area contributed by atoms with Gasteiger partial charge in [-0.05, 0) is 29.3 Å². The Hall–Kier alpha value is -1.23. The fourth-order valence-electron chi connectivity index (χ4n) is 1.10. The Bertz CT molecular complexity index is 310. The van der Waals surface area contributed by atoms with E-state index in [9.17, 15) is 0 Å². The van der Waals surface area contributed by atoms with Crippen molar-refractivity contribution in [1.29, 1.82) is 0 Å². The highest BCUT2D eigenvalue weighted by Gasteiger charge is 2.04. The standard InChI is InChI=1S/C9H12N2O2/c10-4-6-1-7(5-12)3-8(2-6)9(11)13/h1-4,9-10,12-13H,5,11H2/p+1. The van der Waals surface area contributed by atoms with Crippen LogP contribution < -0.4 is 11.1 Å². The van der Waals surface area contributed by atoms with E-state index >= 15 is 0 Å². The maximum Gasteiger partial charge on any atom is 0.167 e. The van der Waals surface area contributed by atoms with Crippen molar-refractivity contribution in [2.24, 2.45) is 5.73 Å². The van der Waals surface area contributed by atoms with Crippen molar-refractivity contribution in [3.8, 4) is 0 Å². The largest absolute Gasteiger partial charge is 0.392 e. The van der Waals surface area contributed by atoms with Crippen LogP contribution in [-0.4, -0.2) is 16.4 Å². The summed E-state index contributed by atoms with van der Waals surface area (Å²) in [5, 5.41) is 23.3. The molecule has 0 aromatic heterocycles. The number of aliphatic hydroxyl groups is 2. The first-order valence-electron chi connectivity index (χ1n) is 3.90. The van der Waals surface area contributed by atoms with Gasteiger partial charge < -0.3 is 15.9 Å². The Kier molecular flexibility index (Phi) is 3.13. The average Bonchev–Trinajstić information content (AvgIpc) is 2.16. The van der Waals surface area contributed by atoms with Crippen molar-refractivity contribution >= 4 is 6.21 Å². The van der Waals surface area contributed by atoms with Crippen LogP contribution in [0.15, 0.2) is 18.2 Å². The van der Waals surface area contributed by atoms with Gasteiger partial charge in [-0.15, -0.1) is 0 Å². The molecule has 1 aromatic carbocycles. The number of hydrogen-bond acceptors (Lipinski definition) is 3. The van der Waals surface area contributed by atoms with E-state index in [0.29, 0.717) is 11.1 Å². The molecule has 0 heterocycles. The summed E-state index contributed by atoms with van der Waals surface area (Å²) >= 11 is 0. The van der Waals surface area contributed by atoms with Crippen LogP contribution in [0, 0.1) is 0 Å². The quantitative estimate of drug-likeness (QED) is 0.331. The molecule has 4 nitrogen and oxygen atoms in total. The minimum Gasteiger partial charge on any atom is -0.392 e. The molecule has 1 unspecified atom stereocenters. The summed E-state index contributed by atoms with van der Waals surface area (Å²) in [5.74, 6) is 0. The topological polar surface area (TPSA) is 92.1 Å². The SMILES string of the molecule is NC(O)c1cc(C=[NH2+])cc(CO)c1. The first kappa shape index (κ1) is 9.85. The first-order chi connectivity index (χ1) is 6.17. The first-order valence-corrected chi connectivity index (χ1v) is 3.90. The molecule has 1 rings (SSSR count). The lowest BCUT2D eigenvalue weighted by Gasteiger charge is -2.07. The minimum atomic E-state index is -1.04. The van der Waals surface area contributed by atoms with Gasteiger partial charge in [-0.1, -0.05) is 0 Å².